The van der Waals surface area contributed by atoms with Gasteiger partial charge in [-0.2, -0.15) is 5.10 Å². The summed E-state index contributed by atoms with van der Waals surface area (Å²) in [6.45, 7) is 2.07. The zero-order chi connectivity index (χ0) is 14.0. The molecule has 0 atom stereocenters. The fourth-order valence-electron chi connectivity index (χ4n) is 1.82. The molecular weight excluding hydrogens is 332 g/mol. The van der Waals surface area contributed by atoms with Crippen molar-refractivity contribution < 1.29 is 9.84 Å². The van der Waals surface area contributed by atoms with Gasteiger partial charge in [0, 0.05) is 12.6 Å². The number of aliphatic hydroxyl groups excluding tert-OH is 1. The molecule has 4 nitrogen and oxygen atoms in total. The molecule has 0 amide bonds. The lowest BCUT2D eigenvalue weighted by molar-refractivity contribution is 0.254. The van der Waals surface area contributed by atoms with Crippen molar-refractivity contribution in [3.05, 3.63) is 44.6 Å². The molecule has 0 unspecified atom stereocenters. The molecule has 2 aromatic rings. The first-order valence-electron chi connectivity index (χ1n) is 5.73. The molecule has 1 N–H and O–H groups in total. The lowest BCUT2D eigenvalue weighted by atomic mass is 10.2. The quantitative estimate of drug-likeness (QED) is 0.925. The minimum absolute atomic E-state index is 0.0765. The molecule has 1 aromatic heterocycles. The summed E-state index contributed by atoms with van der Waals surface area (Å²) in [6, 6.07) is 5.53. The van der Waals surface area contributed by atoms with E-state index in [1.54, 1.807) is 4.68 Å². The zero-order valence-corrected chi connectivity index (χ0v) is 13.0. The van der Waals surface area contributed by atoms with Gasteiger partial charge in [-0.15, -0.1) is 0 Å². The lowest BCUT2D eigenvalue weighted by Gasteiger charge is -2.12. The highest BCUT2D eigenvalue weighted by molar-refractivity contribution is 9.10. The average Bonchev–Trinajstić information content (AvgIpc) is 2.62. The largest absolute Gasteiger partial charge is 0.486 e. The van der Waals surface area contributed by atoms with Crippen LogP contribution in [0.3, 0.4) is 0 Å². The third-order valence-electron chi connectivity index (χ3n) is 2.83. The second-order valence-corrected chi connectivity index (χ2v) is 5.38. The number of para-hydroxylation sites is 1. The maximum Gasteiger partial charge on any atom is 0.139 e. The Morgan fingerprint density at radius 2 is 2.21 bits per heavy atom. The van der Waals surface area contributed by atoms with Crippen molar-refractivity contribution in [2.24, 2.45) is 7.05 Å². The van der Waals surface area contributed by atoms with Crippen LogP contribution >= 0.6 is 27.5 Å². The Bertz CT molecular complexity index is 599. The van der Waals surface area contributed by atoms with E-state index in [2.05, 4.69) is 21.0 Å². The van der Waals surface area contributed by atoms with Crippen LogP contribution in [0.1, 0.15) is 17.0 Å². The van der Waals surface area contributed by atoms with E-state index in [-0.39, 0.29) is 6.61 Å². The summed E-state index contributed by atoms with van der Waals surface area (Å²) in [7, 11) is 1.82. The summed E-state index contributed by atoms with van der Waals surface area (Å²) in [5, 5.41) is 14.2. The number of hydrogen-bond donors (Lipinski definition) is 1. The molecule has 1 aromatic carbocycles. The van der Waals surface area contributed by atoms with Gasteiger partial charge in [-0.25, -0.2) is 0 Å². The van der Waals surface area contributed by atoms with Crippen LogP contribution < -0.4 is 4.74 Å². The summed E-state index contributed by atoms with van der Waals surface area (Å²) in [6.07, 6.45) is 0. The van der Waals surface area contributed by atoms with Crippen LogP contribution in [0.25, 0.3) is 0 Å². The fourth-order valence-corrected chi connectivity index (χ4v) is 2.55. The van der Waals surface area contributed by atoms with Crippen molar-refractivity contribution in [1.29, 1.82) is 0 Å². The molecule has 2 rings (SSSR count). The fraction of sp³-hybridized carbons (Fsp3) is 0.308. The van der Waals surface area contributed by atoms with E-state index in [4.69, 9.17) is 16.3 Å². The Morgan fingerprint density at radius 3 is 2.79 bits per heavy atom. The molecule has 0 aliphatic rings. The van der Waals surface area contributed by atoms with Crippen molar-refractivity contribution >= 4 is 27.5 Å². The van der Waals surface area contributed by atoms with Crippen molar-refractivity contribution in [2.45, 2.75) is 20.1 Å². The van der Waals surface area contributed by atoms with Crippen LogP contribution in [-0.4, -0.2) is 14.9 Å². The first-order valence-corrected chi connectivity index (χ1v) is 6.90. The summed E-state index contributed by atoms with van der Waals surface area (Å²) >= 11 is 9.58. The highest BCUT2D eigenvalue weighted by Gasteiger charge is 2.13. The third kappa shape index (κ3) is 2.94. The third-order valence-corrected chi connectivity index (χ3v) is 3.95. The number of nitrogens with zero attached hydrogens (tertiary/aromatic N) is 2. The minimum atomic E-state index is -0.0765. The zero-order valence-electron chi connectivity index (χ0n) is 10.7. The number of ether oxygens (including phenoxy) is 1. The van der Waals surface area contributed by atoms with Gasteiger partial charge in [-0.3, -0.25) is 4.68 Å². The number of rotatable bonds is 4. The van der Waals surface area contributed by atoms with Crippen molar-refractivity contribution in [2.75, 3.05) is 0 Å². The number of benzene rings is 1. The van der Waals surface area contributed by atoms with Gasteiger partial charge in [-0.1, -0.05) is 23.7 Å². The molecular formula is C13H14BrClN2O2. The molecule has 102 valence electrons. The van der Waals surface area contributed by atoms with Crippen LogP contribution in [0.15, 0.2) is 22.7 Å². The van der Waals surface area contributed by atoms with E-state index in [1.807, 2.05) is 32.2 Å². The van der Waals surface area contributed by atoms with E-state index < -0.39 is 0 Å². The van der Waals surface area contributed by atoms with Crippen LogP contribution in [0, 0.1) is 6.92 Å². The molecule has 0 aliphatic carbocycles. The first-order chi connectivity index (χ1) is 9.04. The predicted octanol–water partition coefficient (Wildman–Crippen LogP) is 3.22. The molecule has 0 bridgehead atoms. The SMILES string of the molecule is Cc1nn(C)c(COc2c(Br)cccc2CO)c1Cl. The van der Waals surface area contributed by atoms with E-state index >= 15 is 0 Å². The van der Waals surface area contributed by atoms with Crippen molar-refractivity contribution in [1.82, 2.24) is 9.78 Å². The maximum absolute atomic E-state index is 9.31. The van der Waals surface area contributed by atoms with Gasteiger partial charge in [0.1, 0.15) is 12.4 Å². The standard InChI is InChI=1S/C13H14BrClN2O2/c1-8-12(15)11(17(2)16-8)7-19-13-9(6-18)4-3-5-10(13)14/h3-5,18H,6-7H2,1-2H3. The van der Waals surface area contributed by atoms with E-state index in [0.29, 0.717) is 17.4 Å². The van der Waals surface area contributed by atoms with Crippen LogP contribution in [0.4, 0.5) is 0 Å². The summed E-state index contributed by atoms with van der Waals surface area (Å²) in [4.78, 5) is 0. The molecule has 19 heavy (non-hydrogen) atoms. The van der Waals surface area contributed by atoms with Crippen LogP contribution in [0.5, 0.6) is 5.75 Å². The number of aliphatic hydroxyl groups is 1. The predicted molar refractivity (Wildman–Crippen MR) is 77.4 cm³/mol. The summed E-state index contributed by atoms with van der Waals surface area (Å²) < 4.78 is 8.27. The summed E-state index contributed by atoms with van der Waals surface area (Å²) in [5.41, 5.74) is 2.31. The van der Waals surface area contributed by atoms with Crippen LogP contribution in [0.2, 0.25) is 5.02 Å². The van der Waals surface area contributed by atoms with Crippen molar-refractivity contribution in [3.8, 4) is 5.75 Å². The normalized spacial score (nSPS) is 10.8. The topological polar surface area (TPSA) is 47.3 Å². The molecule has 0 aliphatic heterocycles. The molecule has 1 heterocycles. The Labute approximate surface area is 125 Å². The molecule has 0 radical (unpaired) electrons. The minimum Gasteiger partial charge on any atom is -0.486 e. The Morgan fingerprint density at radius 1 is 1.47 bits per heavy atom. The van der Waals surface area contributed by atoms with E-state index in [1.165, 1.54) is 0 Å². The van der Waals surface area contributed by atoms with Gasteiger partial charge in [0.2, 0.25) is 0 Å². The average molecular weight is 346 g/mol. The summed E-state index contributed by atoms with van der Waals surface area (Å²) in [5.74, 6) is 0.625. The smallest absolute Gasteiger partial charge is 0.139 e. The Balaban J connectivity index is 2.24. The van der Waals surface area contributed by atoms with Crippen LogP contribution in [-0.2, 0) is 20.3 Å². The number of aromatic nitrogens is 2. The Hall–Kier alpha value is -1.04. The molecule has 0 spiro atoms. The molecule has 0 saturated carbocycles. The molecule has 0 fully saturated rings. The molecule has 0 saturated heterocycles. The maximum atomic E-state index is 9.31. The monoisotopic (exact) mass is 344 g/mol. The Kier molecular flexibility index (Phi) is 4.50. The highest BCUT2D eigenvalue weighted by atomic mass is 79.9. The number of halogens is 2. The second-order valence-electron chi connectivity index (χ2n) is 4.14. The van der Waals surface area contributed by atoms with Gasteiger partial charge in [0.05, 0.1) is 27.5 Å². The second kappa shape index (κ2) is 5.94. The van der Waals surface area contributed by atoms with Gasteiger partial charge in [0.15, 0.2) is 0 Å². The van der Waals surface area contributed by atoms with E-state index in [9.17, 15) is 5.11 Å². The lowest BCUT2D eigenvalue weighted by Crippen LogP contribution is -2.05. The van der Waals surface area contributed by atoms with Gasteiger partial charge in [-0.05, 0) is 28.9 Å². The highest BCUT2D eigenvalue weighted by Crippen LogP contribution is 2.30. The first kappa shape index (κ1) is 14.4. The van der Waals surface area contributed by atoms with E-state index in [0.717, 1.165) is 21.4 Å². The van der Waals surface area contributed by atoms with Gasteiger partial charge in [0.25, 0.3) is 0 Å². The number of hydrogen-bond acceptors (Lipinski definition) is 3. The van der Waals surface area contributed by atoms with Gasteiger partial charge < -0.3 is 9.84 Å². The van der Waals surface area contributed by atoms with Gasteiger partial charge >= 0.3 is 0 Å². The number of aryl methyl sites for hydroxylation is 2. The van der Waals surface area contributed by atoms with Crippen molar-refractivity contribution in [3.63, 3.8) is 0 Å². The molecule has 6 heteroatoms.